The number of benzene rings is 5. The molecular formula is C50H50ClFO7S. The molecule has 2 aliphatic rings. The molecule has 0 radical (unpaired) electrons. The number of rotatable bonds is 16. The van der Waals surface area contributed by atoms with Crippen LogP contribution in [-0.2, 0) is 17.6 Å². The molecule has 6 aromatic rings. The Morgan fingerprint density at radius 1 is 0.733 bits per heavy atom. The van der Waals surface area contributed by atoms with Crippen molar-refractivity contribution < 1.29 is 38.5 Å². The summed E-state index contributed by atoms with van der Waals surface area (Å²) in [6, 6.07) is 38.8. The van der Waals surface area contributed by atoms with E-state index in [1.807, 2.05) is 78.9 Å². The van der Waals surface area contributed by atoms with Crippen molar-refractivity contribution in [2.75, 3.05) is 13.2 Å². The summed E-state index contributed by atoms with van der Waals surface area (Å²) in [5.74, 6) is 0.517. The van der Waals surface area contributed by atoms with Crippen LogP contribution in [0.1, 0.15) is 75.4 Å². The van der Waals surface area contributed by atoms with Gasteiger partial charge in [0.05, 0.1) is 30.1 Å². The number of hydrogen-bond donors (Lipinski definition) is 2. The molecule has 10 heteroatoms. The van der Waals surface area contributed by atoms with Gasteiger partial charge in [0, 0.05) is 22.6 Å². The van der Waals surface area contributed by atoms with Crippen LogP contribution >= 0.6 is 22.9 Å². The number of Topliss-reactive ketones (excluding diaryl/α,β-unsaturated/α-hetero) is 1. The van der Waals surface area contributed by atoms with Gasteiger partial charge in [-0.25, -0.2) is 14.0 Å². The Morgan fingerprint density at radius 3 is 2.27 bits per heavy atom. The van der Waals surface area contributed by atoms with Gasteiger partial charge in [-0.2, -0.15) is 0 Å². The third-order valence-electron chi connectivity index (χ3n) is 12.0. The minimum absolute atomic E-state index is 0.0361. The first kappa shape index (κ1) is 42.9. The second kappa shape index (κ2) is 20.3. The van der Waals surface area contributed by atoms with E-state index in [9.17, 15) is 18.8 Å². The van der Waals surface area contributed by atoms with Crippen LogP contribution in [0.25, 0.3) is 21.5 Å². The monoisotopic (exact) mass is 848 g/mol. The highest BCUT2D eigenvalue weighted by Crippen LogP contribution is 2.41. The molecule has 5 aromatic carbocycles. The van der Waals surface area contributed by atoms with Crippen LogP contribution in [0.3, 0.4) is 0 Å². The van der Waals surface area contributed by atoms with Gasteiger partial charge >= 0.3 is 11.9 Å². The van der Waals surface area contributed by atoms with Crippen molar-refractivity contribution in [1.82, 2.24) is 0 Å². The Labute approximate surface area is 359 Å². The molecule has 2 aliphatic carbocycles. The quantitative estimate of drug-likeness (QED) is 0.0933. The molecule has 2 saturated carbocycles. The fourth-order valence-corrected chi connectivity index (χ4v) is 10.0. The number of carbonyl (C=O) groups is 3. The van der Waals surface area contributed by atoms with Crippen molar-refractivity contribution in [3.05, 3.63) is 142 Å². The van der Waals surface area contributed by atoms with Crippen LogP contribution in [0.4, 0.5) is 4.39 Å². The number of thiophene rings is 1. The third-order valence-corrected chi connectivity index (χ3v) is 13.8. The molecule has 7 nitrogen and oxygen atoms in total. The molecule has 60 heavy (non-hydrogen) atoms. The van der Waals surface area contributed by atoms with Crippen LogP contribution < -0.4 is 9.47 Å². The molecule has 2 N–H and O–H groups in total. The first-order chi connectivity index (χ1) is 29.1. The summed E-state index contributed by atoms with van der Waals surface area (Å²) in [7, 11) is 0. The van der Waals surface area contributed by atoms with Crippen molar-refractivity contribution in [3.8, 4) is 11.5 Å². The maximum absolute atomic E-state index is 14.3. The van der Waals surface area contributed by atoms with Gasteiger partial charge in [0.25, 0.3) is 0 Å². The summed E-state index contributed by atoms with van der Waals surface area (Å²) in [6.45, 7) is 0.825. The number of carboxylic acid groups (broad SMARTS) is 2. The van der Waals surface area contributed by atoms with Gasteiger partial charge in [-0.15, -0.1) is 22.9 Å². The second-order valence-corrected chi connectivity index (χ2v) is 17.6. The van der Waals surface area contributed by atoms with E-state index in [4.69, 9.17) is 31.3 Å². The molecule has 0 spiro atoms. The predicted molar refractivity (Wildman–Crippen MR) is 237 cm³/mol. The number of alkyl halides is 2. The summed E-state index contributed by atoms with van der Waals surface area (Å²) < 4.78 is 26.5. The molecule has 1 aromatic heterocycles. The highest BCUT2D eigenvalue weighted by atomic mass is 35.5. The summed E-state index contributed by atoms with van der Waals surface area (Å²) in [6.07, 6.45) is 6.24. The summed E-state index contributed by atoms with van der Waals surface area (Å²) in [4.78, 5) is 36.0. The van der Waals surface area contributed by atoms with Crippen LogP contribution in [-0.4, -0.2) is 52.7 Å². The largest absolute Gasteiger partial charge is 0.493 e. The van der Waals surface area contributed by atoms with E-state index in [2.05, 4.69) is 18.2 Å². The Morgan fingerprint density at radius 2 is 1.47 bits per heavy atom. The summed E-state index contributed by atoms with van der Waals surface area (Å²) in [5.41, 5.74) is 1.35. The maximum atomic E-state index is 14.3. The van der Waals surface area contributed by atoms with Gasteiger partial charge in [0.2, 0.25) is 0 Å². The summed E-state index contributed by atoms with van der Waals surface area (Å²) in [5, 5.41) is 22.1. The van der Waals surface area contributed by atoms with Gasteiger partial charge in [0.15, 0.2) is 0 Å². The topological polar surface area (TPSA) is 110 Å². The maximum Gasteiger partial charge on any atom is 0.345 e. The Kier molecular flexibility index (Phi) is 14.5. The van der Waals surface area contributed by atoms with Crippen LogP contribution in [0.2, 0.25) is 0 Å². The lowest BCUT2D eigenvalue weighted by Crippen LogP contribution is -2.25. The normalized spacial score (nSPS) is 21.1. The number of carbonyl (C=O) groups excluding carboxylic acids is 1. The fraction of sp³-hybridized carbons (Fsp3) is 0.340. The number of fused-ring (bicyclic) bond motifs is 2. The second-order valence-electron chi connectivity index (χ2n) is 16.0. The molecule has 1 heterocycles. The first-order valence-electron chi connectivity index (χ1n) is 20.8. The Hall–Kier alpha value is -5.25. The van der Waals surface area contributed by atoms with E-state index in [0.29, 0.717) is 48.2 Å². The van der Waals surface area contributed by atoms with Crippen LogP contribution in [0, 0.1) is 23.7 Å². The zero-order valence-corrected chi connectivity index (χ0v) is 35.0. The number of carboxylic acids is 2. The molecule has 0 amide bonds. The molecular weight excluding hydrogens is 799 g/mol. The lowest BCUT2D eigenvalue weighted by Gasteiger charge is -2.22. The SMILES string of the molecule is O=C(O)c1ccc(CCC[C@H]2CC(F)C(Cl)[C@@H]2COc2ccc3ccccc3c2)s1.O=C(O)c1cccc(CCC[C@H]2CCC(=O)[C@@H]2COc2cccc3ccccc23)c1. The van der Waals surface area contributed by atoms with Gasteiger partial charge in [-0.3, -0.25) is 4.79 Å². The number of ketones is 1. The predicted octanol–water partition coefficient (Wildman–Crippen LogP) is 12.1. The van der Waals surface area contributed by atoms with Gasteiger partial charge in [0.1, 0.15) is 28.3 Å². The molecule has 0 aliphatic heterocycles. The third kappa shape index (κ3) is 10.9. The molecule has 6 atom stereocenters. The zero-order valence-electron chi connectivity index (χ0n) is 33.4. The van der Waals surface area contributed by atoms with Gasteiger partial charge in [-0.1, -0.05) is 78.9 Å². The van der Waals surface area contributed by atoms with Crippen LogP contribution in [0.5, 0.6) is 11.5 Å². The first-order valence-corrected chi connectivity index (χ1v) is 22.1. The molecule has 312 valence electrons. The van der Waals surface area contributed by atoms with Crippen molar-refractivity contribution >= 4 is 62.2 Å². The molecule has 8 rings (SSSR count). The minimum Gasteiger partial charge on any atom is -0.493 e. The molecule has 0 saturated heterocycles. The number of hydrogen-bond acceptors (Lipinski definition) is 6. The van der Waals surface area contributed by atoms with Crippen molar-refractivity contribution in [3.63, 3.8) is 0 Å². The average molecular weight is 849 g/mol. The van der Waals surface area contributed by atoms with E-state index in [1.54, 1.807) is 24.3 Å². The number of aromatic carboxylic acids is 2. The van der Waals surface area contributed by atoms with E-state index < -0.39 is 23.5 Å². The van der Waals surface area contributed by atoms with Gasteiger partial charge < -0.3 is 19.7 Å². The van der Waals surface area contributed by atoms with E-state index in [0.717, 1.165) is 88.4 Å². The highest BCUT2D eigenvalue weighted by molar-refractivity contribution is 7.13. The zero-order chi connectivity index (χ0) is 42.0. The minimum atomic E-state index is -1.01. The van der Waals surface area contributed by atoms with E-state index in [1.165, 1.54) is 11.3 Å². The lowest BCUT2D eigenvalue weighted by molar-refractivity contribution is -0.122. The van der Waals surface area contributed by atoms with Crippen LogP contribution in [0.15, 0.2) is 121 Å². The standard InChI is InChI=1S/C26H26O4.C24H24ClFO3S/c27-24-15-14-20(9-3-6-18-7-4-11-21(16-18)26(28)29)23(24)17-30-25-13-5-10-19-8-1-2-12-22(19)25;25-23-20(14-29-18-9-8-15-4-1-2-5-16(15)12-18)17(13-21(23)26)6-3-7-19-10-11-22(30-19)24(27)28/h1-2,4-5,7-8,10-13,16,20,23H,3,6,9,14-15,17H2,(H,28,29);1-2,4-5,8-12,17,20-21,23H,3,6-7,13-14H2,(H,27,28)/t20-,23+;17-,20+,21?,23?/m00/s1. The van der Waals surface area contributed by atoms with Crippen molar-refractivity contribution in [2.24, 2.45) is 23.7 Å². The van der Waals surface area contributed by atoms with Crippen molar-refractivity contribution in [2.45, 2.75) is 69.3 Å². The van der Waals surface area contributed by atoms with E-state index >= 15 is 0 Å². The molecule has 2 unspecified atom stereocenters. The number of aryl methyl sites for hydroxylation is 2. The number of halogens is 2. The number of ether oxygens (including phenoxy) is 2. The van der Waals surface area contributed by atoms with E-state index in [-0.39, 0.29) is 17.8 Å². The summed E-state index contributed by atoms with van der Waals surface area (Å²) >= 11 is 7.71. The Balaban J connectivity index is 0.000000181. The average Bonchev–Trinajstić information content (AvgIpc) is 3.96. The van der Waals surface area contributed by atoms with Crippen molar-refractivity contribution in [1.29, 1.82) is 0 Å². The lowest BCUT2D eigenvalue weighted by atomic mass is 9.90. The van der Waals surface area contributed by atoms with Gasteiger partial charge in [-0.05, 0) is 127 Å². The fourth-order valence-electron chi connectivity index (χ4n) is 8.78. The highest BCUT2D eigenvalue weighted by Gasteiger charge is 2.42. The molecule has 0 bridgehead atoms. The Bertz CT molecular complexity index is 2410. The smallest absolute Gasteiger partial charge is 0.345 e. The molecule has 2 fully saturated rings.